The molecule has 0 bridgehead atoms. The first-order valence-electron chi connectivity index (χ1n) is 9.58. The van der Waals surface area contributed by atoms with Gasteiger partial charge in [0, 0.05) is 25.3 Å². The number of rotatable bonds is 7. The van der Waals surface area contributed by atoms with Crippen molar-refractivity contribution < 1.29 is 17.9 Å². The molecule has 6 nitrogen and oxygen atoms in total. The van der Waals surface area contributed by atoms with E-state index in [9.17, 15) is 13.2 Å². The van der Waals surface area contributed by atoms with Crippen molar-refractivity contribution >= 4 is 21.6 Å². The van der Waals surface area contributed by atoms with E-state index < -0.39 is 10.0 Å². The van der Waals surface area contributed by atoms with Crippen LogP contribution in [0.4, 0.5) is 5.69 Å². The molecule has 0 saturated heterocycles. The predicted octanol–water partition coefficient (Wildman–Crippen LogP) is 3.08. The van der Waals surface area contributed by atoms with Crippen LogP contribution in [0.3, 0.4) is 0 Å². The summed E-state index contributed by atoms with van der Waals surface area (Å²) >= 11 is 0. The minimum absolute atomic E-state index is 0.0526. The molecule has 150 valence electrons. The highest BCUT2D eigenvalue weighted by Gasteiger charge is 2.27. The number of nitrogens with zero attached hydrogens (tertiary/aromatic N) is 2. The number of sulfonamides is 1. The van der Waals surface area contributed by atoms with E-state index in [0.29, 0.717) is 25.4 Å². The Balaban J connectivity index is 1.80. The summed E-state index contributed by atoms with van der Waals surface area (Å²) in [5.74, 6) is 0.512. The van der Waals surface area contributed by atoms with Gasteiger partial charge in [0.2, 0.25) is 10.0 Å². The summed E-state index contributed by atoms with van der Waals surface area (Å²) in [4.78, 5) is 14.7. The Hall–Kier alpha value is -2.38. The maximum atomic E-state index is 12.8. The van der Waals surface area contributed by atoms with Crippen molar-refractivity contribution in [1.29, 1.82) is 0 Å². The van der Waals surface area contributed by atoms with Gasteiger partial charge in [-0.2, -0.15) is 4.31 Å². The van der Waals surface area contributed by atoms with Crippen LogP contribution in [-0.4, -0.2) is 44.9 Å². The Morgan fingerprint density at radius 3 is 2.50 bits per heavy atom. The van der Waals surface area contributed by atoms with Crippen LogP contribution in [-0.2, 0) is 21.2 Å². The number of hydrogen-bond acceptors (Lipinski definition) is 4. The van der Waals surface area contributed by atoms with E-state index in [1.807, 2.05) is 44.2 Å². The number of amides is 1. The van der Waals surface area contributed by atoms with Crippen LogP contribution in [0, 0.1) is 0 Å². The zero-order chi connectivity index (χ0) is 20.1. The van der Waals surface area contributed by atoms with Crippen molar-refractivity contribution in [3.63, 3.8) is 0 Å². The van der Waals surface area contributed by atoms with Crippen molar-refractivity contribution in [3.05, 3.63) is 54.1 Å². The molecule has 2 aromatic carbocycles. The Bertz CT molecular complexity index is 925. The van der Waals surface area contributed by atoms with E-state index in [1.165, 1.54) is 4.31 Å². The van der Waals surface area contributed by atoms with E-state index in [-0.39, 0.29) is 17.4 Å². The first kappa shape index (κ1) is 20.4. The van der Waals surface area contributed by atoms with Gasteiger partial charge in [-0.3, -0.25) is 4.79 Å². The van der Waals surface area contributed by atoms with Gasteiger partial charge in [0.15, 0.2) is 6.61 Å². The average molecular weight is 403 g/mol. The lowest BCUT2D eigenvalue weighted by Gasteiger charge is -2.30. The lowest BCUT2D eigenvalue weighted by atomic mass is 10.0. The highest BCUT2D eigenvalue weighted by molar-refractivity contribution is 7.89. The number of benzene rings is 2. The molecule has 0 saturated carbocycles. The highest BCUT2D eigenvalue weighted by Crippen LogP contribution is 2.30. The van der Waals surface area contributed by atoms with Crippen LogP contribution in [0.15, 0.2) is 53.4 Å². The molecule has 0 N–H and O–H groups in total. The summed E-state index contributed by atoms with van der Waals surface area (Å²) < 4.78 is 32.6. The van der Waals surface area contributed by atoms with Gasteiger partial charge in [0.25, 0.3) is 5.91 Å². The summed E-state index contributed by atoms with van der Waals surface area (Å²) in [5.41, 5.74) is 1.65. The van der Waals surface area contributed by atoms with Gasteiger partial charge in [-0.1, -0.05) is 32.0 Å². The maximum absolute atomic E-state index is 12.8. The zero-order valence-electron chi connectivity index (χ0n) is 16.3. The Labute approximate surface area is 166 Å². The SMILES string of the molecule is CCN(CC)S(=O)(=O)c1ccc2c(c1)CCCN2C(=O)COc1ccccc1. The van der Waals surface area contributed by atoms with Crippen molar-refractivity contribution in [2.75, 3.05) is 31.1 Å². The smallest absolute Gasteiger partial charge is 0.264 e. The van der Waals surface area contributed by atoms with E-state index in [2.05, 4.69) is 0 Å². The lowest BCUT2D eigenvalue weighted by molar-refractivity contribution is -0.120. The zero-order valence-corrected chi connectivity index (χ0v) is 17.1. The standard InChI is InChI=1S/C21H26N2O4S/c1-3-22(4-2)28(25,26)19-12-13-20-17(15-19)9-8-14-23(20)21(24)16-27-18-10-6-5-7-11-18/h5-7,10-13,15H,3-4,8-9,14,16H2,1-2H3. The fraction of sp³-hybridized carbons (Fsp3) is 0.381. The topological polar surface area (TPSA) is 66.9 Å². The number of hydrogen-bond donors (Lipinski definition) is 0. The normalized spacial score (nSPS) is 14.0. The van der Waals surface area contributed by atoms with Gasteiger partial charge in [0.1, 0.15) is 5.75 Å². The summed E-state index contributed by atoms with van der Waals surface area (Å²) in [7, 11) is -3.51. The number of ether oxygens (including phenoxy) is 1. The molecule has 3 rings (SSSR count). The average Bonchev–Trinajstić information content (AvgIpc) is 2.72. The van der Waals surface area contributed by atoms with Gasteiger partial charge < -0.3 is 9.64 Å². The molecule has 0 aromatic heterocycles. The lowest BCUT2D eigenvalue weighted by Crippen LogP contribution is -2.39. The van der Waals surface area contributed by atoms with Gasteiger partial charge in [0.05, 0.1) is 4.90 Å². The quantitative estimate of drug-likeness (QED) is 0.714. The van der Waals surface area contributed by atoms with Crippen molar-refractivity contribution in [1.82, 2.24) is 4.31 Å². The first-order chi connectivity index (χ1) is 13.5. The van der Waals surface area contributed by atoms with Gasteiger partial charge in [-0.25, -0.2) is 8.42 Å². The first-order valence-corrected chi connectivity index (χ1v) is 11.0. The van der Waals surface area contributed by atoms with E-state index in [0.717, 1.165) is 24.1 Å². The Morgan fingerprint density at radius 2 is 1.82 bits per heavy atom. The second kappa shape index (κ2) is 8.75. The minimum Gasteiger partial charge on any atom is -0.484 e. The van der Waals surface area contributed by atoms with E-state index in [4.69, 9.17) is 4.74 Å². The number of fused-ring (bicyclic) bond motifs is 1. The second-order valence-corrected chi connectivity index (χ2v) is 8.57. The Morgan fingerprint density at radius 1 is 1.11 bits per heavy atom. The third-order valence-electron chi connectivity index (χ3n) is 4.92. The van der Waals surface area contributed by atoms with E-state index >= 15 is 0 Å². The summed E-state index contributed by atoms with van der Waals surface area (Å²) in [6.45, 7) is 5.06. The highest BCUT2D eigenvalue weighted by atomic mass is 32.2. The molecule has 0 radical (unpaired) electrons. The summed E-state index contributed by atoms with van der Waals surface area (Å²) in [5, 5.41) is 0. The molecular formula is C21H26N2O4S. The fourth-order valence-electron chi connectivity index (χ4n) is 3.45. The molecule has 0 unspecified atom stereocenters. The van der Waals surface area contributed by atoms with Crippen molar-refractivity contribution in [2.45, 2.75) is 31.6 Å². The maximum Gasteiger partial charge on any atom is 0.264 e. The van der Waals surface area contributed by atoms with Gasteiger partial charge in [-0.15, -0.1) is 0 Å². The van der Waals surface area contributed by atoms with Crippen LogP contribution in [0.5, 0.6) is 5.75 Å². The molecular weight excluding hydrogens is 376 g/mol. The molecule has 1 aliphatic heterocycles. The molecule has 0 spiro atoms. The molecule has 0 fully saturated rings. The largest absolute Gasteiger partial charge is 0.484 e. The van der Waals surface area contributed by atoms with Crippen LogP contribution < -0.4 is 9.64 Å². The molecule has 1 amide bonds. The van der Waals surface area contributed by atoms with Crippen molar-refractivity contribution in [3.8, 4) is 5.75 Å². The van der Waals surface area contributed by atoms with E-state index in [1.54, 1.807) is 23.1 Å². The number of para-hydroxylation sites is 1. The van der Waals surface area contributed by atoms with Gasteiger partial charge >= 0.3 is 0 Å². The van der Waals surface area contributed by atoms with Crippen LogP contribution in [0.2, 0.25) is 0 Å². The molecule has 0 aliphatic carbocycles. The monoisotopic (exact) mass is 402 g/mol. The van der Waals surface area contributed by atoms with Crippen LogP contribution >= 0.6 is 0 Å². The minimum atomic E-state index is -3.51. The molecule has 7 heteroatoms. The predicted molar refractivity (Wildman–Crippen MR) is 109 cm³/mol. The molecule has 1 heterocycles. The Kier molecular flexibility index (Phi) is 6.36. The number of aryl methyl sites for hydroxylation is 1. The van der Waals surface area contributed by atoms with Crippen LogP contribution in [0.1, 0.15) is 25.8 Å². The molecule has 2 aromatic rings. The number of carbonyl (C=O) groups excluding carboxylic acids is 1. The van der Waals surface area contributed by atoms with Gasteiger partial charge in [-0.05, 0) is 48.7 Å². The van der Waals surface area contributed by atoms with Crippen LogP contribution in [0.25, 0.3) is 0 Å². The van der Waals surface area contributed by atoms with Crippen molar-refractivity contribution in [2.24, 2.45) is 0 Å². The number of carbonyl (C=O) groups is 1. The fourth-order valence-corrected chi connectivity index (χ4v) is 4.95. The second-order valence-electron chi connectivity index (χ2n) is 6.63. The third-order valence-corrected chi connectivity index (χ3v) is 6.97. The number of anilines is 1. The summed E-state index contributed by atoms with van der Waals surface area (Å²) in [6.07, 6.45) is 1.54. The summed E-state index contributed by atoms with van der Waals surface area (Å²) in [6, 6.07) is 14.3. The third kappa shape index (κ3) is 4.20. The molecule has 0 atom stereocenters. The molecule has 28 heavy (non-hydrogen) atoms. The molecule has 1 aliphatic rings.